The van der Waals surface area contributed by atoms with Gasteiger partial charge in [0.1, 0.15) is 15.5 Å². The van der Waals surface area contributed by atoms with Gasteiger partial charge in [0.2, 0.25) is 9.84 Å². The molecule has 0 aliphatic carbocycles. The van der Waals surface area contributed by atoms with E-state index in [4.69, 9.17) is 4.18 Å². The predicted octanol–water partition coefficient (Wildman–Crippen LogP) is 4.97. The number of rotatable bonds is 6. The van der Waals surface area contributed by atoms with Gasteiger partial charge in [0.05, 0.1) is 10.4 Å². The van der Waals surface area contributed by atoms with Crippen molar-refractivity contribution < 1.29 is 21.0 Å². The van der Waals surface area contributed by atoms with Crippen molar-refractivity contribution in [3.8, 4) is 5.75 Å². The van der Waals surface area contributed by atoms with Crippen LogP contribution < -0.4 is 4.18 Å². The molecule has 0 amide bonds. The summed E-state index contributed by atoms with van der Waals surface area (Å²) < 4.78 is 59.0. The third-order valence-corrected chi connectivity index (χ3v) is 8.34. The van der Waals surface area contributed by atoms with Gasteiger partial charge in [0.15, 0.2) is 0 Å². The molecule has 2 aromatic carbocycles. The second-order valence-electron chi connectivity index (χ2n) is 7.89. The number of hydrogen-bond donors (Lipinski definition) is 0. The molecule has 0 saturated heterocycles. The highest BCUT2D eigenvalue weighted by molar-refractivity contribution is 7.91. The average molecular weight is 470 g/mol. The molecule has 32 heavy (non-hydrogen) atoms. The fraction of sp³-hybridized carbons (Fsp3) is 0.167. The molecule has 4 rings (SSSR count). The van der Waals surface area contributed by atoms with Crippen LogP contribution in [0, 0.1) is 6.92 Å². The van der Waals surface area contributed by atoms with Crippen molar-refractivity contribution in [2.45, 2.75) is 41.4 Å². The quantitative estimate of drug-likeness (QED) is 0.372. The van der Waals surface area contributed by atoms with Gasteiger partial charge in [-0.1, -0.05) is 37.6 Å². The summed E-state index contributed by atoms with van der Waals surface area (Å²) in [6.45, 7) is 5.75. The Hall–Kier alpha value is -3.10. The van der Waals surface area contributed by atoms with E-state index in [2.05, 4.69) is 0 Å². The molecule has 8 heteroatoms. The highest BCUT2D eigenvalue weighted by atomic mass is 32.2. The van der Waals surface area contributed by atoms with Gasteiger partial charge in [-0.2, -0.15) is 8.42 Å². The normalized spacial score (nSPS) is 12.4. The maximum atomic E-state index is 13.5. The van der Waals surface area contributed by atoms with Crippen molar-refractivity contribution in [1.82, 2.24) is 4.40 Å². The lowest BCUT2D eigenvalue weighted by Gasteiger charge is -2.11. The van der Waals surface area contributed by atoms with Crippen LogP contribution in [-0.2, 0) is 20.0 Å². The first kappa shape index (κ1) is 22.1. The zero-order chi connectivity index (χ0) is 23.1. The van der Waals surface area contributed by atoms with Gasteiger partial charge >= 0.3 is 10.1 Å². The first-order chi connectivity index (χ1) is 15.1. The number of sulfone groups is 1. The van der Waals surface area contributed by atoms with E-state index in [1.807, 2.05) is 39.2 Å². The summed E-state index contributed by atoms with van der Waals surface area (Å²) in [5.74, 6) is 0.0391. The van der Waals surface area contributed by atoms with Gasteiger partial charge in [0.25, 0.3) is 0 Å². The Labute approximate surface area is 188 Å². The summed E-state index contributed by atoms with van der Waals surface area (Å²) in [6.07, 6.45) is 3.64. The van der Waals surface area contributed by atoms with Crippen LogP contribution in [0.25, 0.3) is 5.52 Å². The topological polar surface area (TPSA) is 81.9 Å². The molecule has 0 saturated carbocycles. The predicted molar refractivity (Wildman–Crippen MR) is 122 cm³/mol. The number of nitrogens with zero attached hydrogens (tertiary/aromatic N) is 1. The largest absolute Gasteiger partial charge is 0.379 e. The van der Waals surface area contributed by atoms with E-state index in [1.54, 1.807) is 28.7 Å². The summed E-state index contributed by atoms with van der Waals surface area (Å²) in [4.78, 5) is 0.354. The molecule has 0 spiro atoms. The molecule has 0 atom stereocenters. The highest BCUT2D eigenvalue weighted by Crippen LogP contribution is 2.34. The van der Waals surface area contributed by atoms with Gasteiger partial charge in [-0.15, -0.1) is 0 Å². The molecule has 6 nitrogen and oxygen atoms in total. The molecule has 0 bridgehead atoms. The number of pyridine rings is 1. The molecule has 0 N–H and O–H groups in total. The van der Waals surface area contributed by atoms with E-state index >= 15 is 0 Å². The second kappa shape index (κ2) is 8.11. The minimum atomic E-state index is -4.02. The Kier molecular flexibility index (Phi) is 5.60. The molecule has 2 aromatic heterocycles. The fourth-order valence-corrected chi connectivity index (χ4v) is 6.20. The Balaban J connectivity index is 1.70. The fourth-order valence-electron chi connectivity index (χ4n) is 3.49. The van der Waals surface area contributed by atoms with Crippen LogP contribution in [0.15, 0.2) is 93.8 Å². The van der Waals surface area contributed by atoms with Crippen LogP contribution in [0.2, 0.25) is 0 Å². The van der Waals surface area contributed by atoms with Crippen molar-refractivity contribution in [3.63, 3.8) is 0 Å². The summed E-state index contributed by atoms with van der Waals surface area (Å²) >= 11 is 0. The Bertz CT molecular complexity index is 1480. The average Bonchev–Trinajstić information content (AvgIpc) is 3.15. The molecule has 0 aliphatic rings. The molecule has 166 valence electrons. The van der Waals surface area contributed by atoms with Gasteiger partial charge in [0, 0.05) is 12.4 Å². The molecule has 0 fully saturated rings. The first-order valence-corrected chi connectivity index (χ1v) is 12.9. The van der Waals surface area contributed by atoms with Crippen LogP contribution in [0.3, 0.4) is 0 Å². The molecule has 0 aliphatic heterocycles. The maximum absolute atomic E-state index is 13.5. The number of hydrogen-bond acceptors (Lipinski definition) is 5. The zero-order valence-corrected chi connectivity index (χ0v) is 19.5. The highest BCUT2D eigenvalue weighted by Gasteiger charge is 2.27. The summed E-state index contributed by atoms with van der Waals surface area (Å²) in [6, 6.07) is 17.1. The van der Waals surface area contributed by atoms with Crippen LogP contribution in [0.4, 0.5) is 0 Å². The van der Waals surface area contributed by atoms with Gasteiger partial charge < -0.3 is 8.58 Å². The summed E-state index contributed by atoms with van der Waals surface area (Å²) in [7, 11) is -7.86. The summed E-state index contributed by atoms with van der Waals surface area (Å²) in [5.41, 5.74) is 2.24. The van der Waals surface area contributed by atoms with Crippen molar-refractivity contribution in [3.05, 3.63) is 90.3 Å². The standard InChI is InChI=1S/C24H23NO5S2/c1-17(2)22-16-25-15-5-4-6-23(25)24(22)31(26,27)20-13-9-19(10-14-20)30-32(28,29)21-11-7-18(3)8-12-21/h4-17H,1-3H3. The van der Waals surface area contributed by atoms with E-state index in [1.165, 1.54) is 36.4 Å². The number of aryl methyl sites for hydroxylation is 1. The van der Waals surface area contributed by atoms with Crippen molar-refractivity contribution in [1.29, 1.82) is 0 Å². The number of benzene rings is 2. The molecular weight excluding hydrogens is 446 g/mol. The molecule has 4 aromatic rings. The van der Waals surface area contributed by atoms with Crippen LogP contribution in [0.5, 0.6) is 5.75 Å². The van der Waals surface area contributed by atoms with Crippen molar-refractivity contribution in [2.75, 3.05) is 0 Å². The smallest absolute Gasteiger partial charge is 0.339 e. The van der Waals surface area contributed by atoms with E-state index in [0.29, 0.717) is 5.52 Å². The molecular formula is C24H23NO5S2. The van der Waals surface area contributed by atoms with Gasteiger partial charge in [-0.25, -0.2) is 8.42 Å². The third-order valence-electron chi connectivity index (χ3n) is 5.20. The van der Waals surface area contributed by atoms with Crippen LogP contribution in [-0.4, -0.2) is 21.2 Å². The van der Waals surface area contributed by atoms with Crippen LogP contribution >= 0.6 is 0 Å². The lowest BCUT2D eigenvalue weighted by molar-refractivity contribution is 0.486. The van der Waals surface area contributed by atoms with Crippen LogP contribution in [0.1, 0.15) is 30.9 Å². The van der Waals surface area contributed by atoms with Crippen molar-refractivity contribution in [2.24, 2.45) is 0 Å². The van der Waals surface area contributed by atoms with E-state index < -0.39 is 20.0 Å². The van der Waals surface area contributed by atoms with E-state index in [-0.39, 0.29) is 26.4 Å². The summed E-state index contributed by atoms with van der Waals surface area (Å²) in [5, 5.41) is 0. The Morgan fingerprint density at radius 2 is 1.44 bits per heavy atom. The SMILES string of the molecule is Cc1ccc(S(=O)(=O)Oc2ccc(S(=O)(=O)c3c(C(C)C)cn4ccccc34)cc2)cc1. The second-order valence-corrected chi connectivity index (χ2v) is 11.3. The lowest BCUT2D eigenvalue weighted by atomic mass is 10.1. The Morgan fingerprint density at radius 1 is 0.812 bits per heavy atom. The third kappa shape index (κ3) is 4.03. The van der Waals surface area contributed by atoms with Gasteiger partial charge in [-0.05, 0) is 66.9 Å². The number of aromatic nitrogens is 1. The molecule has 2 heterocycles. The van der Waals surface area contributed by atoms with Crippen molar-refractivity contribution >= 4 is 25.5 Å². The van der Waals surface area contributed by atoms with E-state index in [9.17, 15) is 16.8 Å². The molecule has 0 unspecified atom stereocenters. The maximum Gasteiger partial charge on any atom is 0.339 e. The molecule has 0 radical (unpaired) electrons. The minimum absolute atomic E-state index is 0.00179. The zero-order valence-electron chi connectivity index (χ0n) is 17.9. The minimum Gasteiger partial charge on any atom is -0.379 e. The Morgan fingerprint density at radius 3 is 2.06 bits per heavy atom. The number of fused-ring (bicyclic) bond motifs is 1. The first-order valence-electron chi connectivity index (χ1n) is 10.1. The van der Waals surface area contributed by atoms with Gasteiger partial charge in [-0.3, -0.25) is 0 Å². The van der Waals surface area contributed by atoms with E-state index in [0.717, 1.165) is 11.1 Å². The monoisotopic (exact) mass is 469 g/mol. The lowest BCUT2D eigenvalue weighted by Crippen LogP contribution is -2.10.